The number of nitrogens with one attached hydrogen (secondary N) is 1. The molecule has 3 rings (SSSR count). The summed E-state index contributed by atoms with van der Waals surface area (Å²) in [6.45, 7) is 0.672. The molecule has 1 aliphatic rings. The Morgan fingerprint density at radius 2 is 2.00 bits per heavy atom. The Kier molecular flexibility index (Phi) is 4.67. The van der Waals surface area contributed by atoms with E-state index in [1.165, 1.54) is 0 Å². The summed E-state index contributed by atoms with van der Waals surface area (Å²) in [4.78, 5) is 27.4. The molecule has 0 saturated carbocycles. The number of benzene rings is 2. The minimum atomic E-state index is -0.196. The Morgan fingerprint density at radius 1 is 1.17 bits per heavy atom. The molecule has 1 fully saturated rings. The quantitative estimate of drug-likeness (QED) is 0.870. The fourth-order valence-corrected chi connectivity index (χ4v) is 3.16. The zero-order valence-corrected chi connectivity index (χ0v) is 13.7. The lowest BCUT2D eigenvalue weighted by molar-refractivity contribution is -0.117. The number of carbonyl (C=O) groups excluding carboxylic acids is 2. The van der Waals surface area contributed by atoms with Crippen LogP contribution in [0.25, 0.3) is 0 Å². The van der Waals surface area contributed by atoms with Gasteiger partial charge in [0.15, 0.2) is 0 Å². The molecule has 23 heavy (non-hydrogen) atoms. The van der Waals surface area contributed by atoms with Crippen molar-refractivity contribution in [2.45, 2.75) is 17.7 Å². The van der Waals surface area contributed by atoms with Gasteiger partial charge in [0, 0.05) is 23.5 Å². The molecule has 0 aliphatic carbocycles. The summed E-state index contributed by atoms with van der Waals surface area (Å²) in [5, 5.41) is 2.92. The Hall–Kier alpha value is -2.27. The normalized spacial score (nSPS) is 14.1. The topological polar surface area (TPSA) is 49.4 Å². The van der Waals surface area contributed by atoms with Crippen LogP contribution in [0.5, 0.6) is 0 Å². The molecule has 118 valence electrons. The number of hydrogen-bond acceptors (Lipinski definition) is 3. The first-order chi connectivity index (χ1) is 11.2. The van der Waals surface area contributed by atoms with Gasteiger partial charge in [0.25, 0.3) is 5.91 Å². The molecule has 4 nitrogen and oxygen atoms in total. The lowest BCUT2D eigenvalue weighted by Gasteiger charge is -2.19. The summed E-state index contributed by atoms with van der Waals surface area (Å²) in [6, 6.07) is 15.0. The highest BCUT2D eigenvalue weighted by molar-refractivity contribution is 7.98. The lowest BCUT2D eigenvalue weighted by atomic mass is 10.1. The second-order valence-corrected chi connectivity index (χ2v) is 6.23. The van der Waals surface area contributed by atoms with E-state index in [2.05, 4.69) is 5.32 Å². The van der Waals surface area contributed by atoms with Gasteiger partial charge >= 0.3 is 0 Å². The van der Waals surface area contributed by atoms with Gasteiger partial charge < -0.3 is 10.2 Å². The van der Waals surface area contributed by atoms with Crippen LogP contribution in [0.2, 0.25) is 0 Å². The molecule has 2 amide bonds. The van der Waals surface area contributed by atoms with Crippen LogP contribution in [0, 0.1) is 0 Å². The molecule has 2 aromatic rings. The first-order valence-corrected chi connectivity index (χ1v) is 8.76. The minimum absolute atomic E-state index is 0.0784. The van der Waals surface area contributed by atoms with Gasteiger partial charge in [0.05, 0.1) is 11.3 Å². The van der Waals surface area contributed by atoms with Crippen LogP contribution in [-0.2, 0) is 4.79 Å². The molecule has 0 bridgehead atoms. The third kappa shape index (κ3) is 3.40. The number of carbonyl (C=O) groups is 2. The van der Waals surface area contributed by atoms with E-state index in [0.717, 1.165) is 17.0 Å². The predicted octanol–water partition coefficient (Wildman–Crippen LogP) is 3.79. The Bertz CT molecular complexity index is 745. The first kappa shape index (κ1) is 15.6. The number of para-hydroxylation sites is 1. The van der Waals surface area contributed by atoms with Crippen LogP contribution in [0.4, 0.5) is 11.4 Å². The van der Waals surface area contributed by atoms with Crippen LogP contribution in [0.1, 0.15) is 23.2 Å². The smallest absolute Gasteiger partial charge is 0.257 e. The molecule has 1 heterocycles. The highest BCUT2D eigenvalue weighted by Crippen LogP contribution is 2.26. The monoisotopic (exact) mass is 326 g/mol. The third-order valence-electron chi connectivity index (χ3n) is 3.84. The molecular weight excluding hydrogens is 308 g/mol. The molecule has 0 atom stereocenters. The maximum atomic E-state index is 12.6. The first-order valence-electron chi connectivity index (χ1n) is 7.54. The van der Waals surface area contributed by atoms with E-state index in [1.54, 1.807) is 22.7 Å². The largest absolute Gasteiger partial charge is 0.322 e. The number of rotatable bonds is 4. The van der Waals surface area contributed by atoms with Crippen molar-refractivity contribution >= 4 is 35.0 Å². The van der Waals surface area contributed by atoms with E-state index in [0.29, 0.717) is 24.2 Å². The van der Waals surface area contributed by atoms with Crippen molar-refractivity contribution in [2.75, 3.05) is 23.0 Å². The summed E-state index contributed by atoms with van der Waals surface area (Å²) in [7, 11) is 0. The predicted molar refractivity (Wildman–Crippen MR) is 94.2 cm³/mol. The zero-order chi connectivity index (χ0) is 16.2. The molecule has 1 N–H and O–H groups in total. The maximum Gasteiger partial charge on any atom is 0.257 e. The van der Waals surface area contributed by atoms with E-state index in [4.69, 9.17) is 0 Å². The van der Waals surface area contributed by atoms with Gasteiger partial charge in [-0.2, -0.15) is 0 Å². The standard InChI is InChI=1S/C18H18N2O2S/c1-23-14-7-4-6-13(12-14)19-18(22)15-8-2-3-9-16(15)20-11-5-10-17(20)21/h2-4,6-9,12H,5,10-11H2,1H3,(H,19,22). The molecule has 0 aromatic heterocycles. The average Bonchev–Trinajstić information content (AvgIpc) is 3.01. The van der Waals surface area contributed by atoms with Crippen LogP contribution in [-0.4, -0.2) is 24.6 Å². The summed E-state index contributed by atoms with van der Waals surface area (Å²) in [5.74, 6) is -0.117. The fourth-order valence-electron chi connectivity index (χ4n) is 2.70. The summed E-state index contributed by atoms with van der Waals surface area (Å²) in [5.41, 5.74) is 1.97. The summed E-state index contributed by atoms with van der Waals surface area (Å²) < 4.78 is 0. The van der Waals surface area contributed by atoms with Crippen molar-refractivity contribution in [1.82, 2.24) is 0 Å². The highest BCUT2D eigenvalue weighted by Gasteiger charge is 2.25. The molecular formula is C18H18N2O2S. The van der Waals surface area contributed by atoms with E-state index < -0.39 is 0 Å². The van der Waals surface area contributed by atoms with Crippen LogP contribution in [0.3, 0.4) is 0 Å². The van der Waals surface area contributed by atoms with Crippen molar-refractivity contribution in [1.29, 1.82) is 0 Å². The van der Waals surface area contributed by atoms with E-state index in [9.17, 15) is 9.59 Å². The van der Waals surface area contributed by atoms with Crippen molar-refractivity contribution < 1.29 is 9.59 Å². The second-order valence-electron chi connectivity index (χ2n) is 5.35. The van der Waals surface area contributed by atoms with Gasteiger partial charge in [-0.15, -0.1) is 11.8 Å². The van der Waals surface area contributed by atoms with Gasteiger partial charge in [-0.3, -0.25) is 9.59 Å². The van der Waals surface area contributed by atoms with Gasteiger partial charge in [-0.05, 0) is 43.0 Å². The van der Waals surface area contributed by atoms with Crippen LogP contribution < -0.4 is 10.2 Å². The van der Waals surface area contributed by atoms with E-state index in [1.807, 2.05) is 48.7 Å². The Labute approximate surface area is 139 Å². The zero-order valence-electron chi connectivity index (χ0n) is 12.9. The summed E-state index contributed by atoms with van der Waals surface area (Å²) in [6.07, 6.45) is 3.38. The minimum Gasteiger partial charge on any atom is -0.322 e. The van der Waals surface area contributed by atoms with Crippen molar-refractivity contribution in [3.8, 4) is 0 Å². The van der Waals surface area contributed by atoms with E-state index in [-0.39, 0.29) is 11.8 Å². The number of nitrogens with zero attached hydrogens (tertiary/aromatic N) is 1. The van der Waals surface area contributed by atoms with Gasteiger partial charge in [0.2, 0.25) is 5.91 Å². The molecule has 5 heteroatoms. The molecule has 1 aliphatic heterocycles. The lowest BCUT2D eigenvalue weighted by Crippen LogP contribution is -2.27. The van der Waals surface area contributed by atoms with Gasteiger partial charge in [-0.1, -0.05) is 18.2 Å². The Balaban J connectivity index is 1.86. The van der Waals surface area contributed by atoms with Crippen LogP contribution >= 0.6 is 11.8 Å². The molecule has 1 saturated heterocycles. The molecule has 0 spiro atoms. The van der Waals surface area contributed by atoms with Gasteiger partial charge in [-0.25, -0.2) is 0 Å². The number of thioether (sulfide) groups is 1. The highest BCUT2D eigenvalue weighted by atomic mass is 32.2. The molecule has 2 aromatic carbocycles. The summed E-state index contributed by atoms with van der Waals surface area (Å²) >= 11 is 1.63. The average molecular weight is 326 g/mol. The second kappa shape index (κ2) is 6.87. The SMILES string of the molecule is CSc1cccc(NC(=O)c2ccccc2N2CCCC2=O)c1. The number of anilines is 2. The fraction of sp³-hybridized carbons (Fsp3) is 0.222. The number of hydrogen-bond donors (Lipinski definition) is 1. The third-order valence-corrected chi connectivity index (χ3v) is 4.57. The van der Waals surface area contributed by atoms with Crippen molar-refractivity contribution in [3.05, 3.63) is 54.1 Å². The van der Waals surface area contributed by atoms with E-state index >= 15 is 0 Å². The Morgan fingerprint density at radius 3 is 2.74 bits per heavy atom. The van der Waals surface area contributed by atoms with Crippen LogP contribution in [0.15, 0.2) is 53.4 Å². The maximum absolute atomic E-state index is 12.6. The molecule has 0 radical (unpaired) electrons. The molecule has 0 unspecified atom stereocenters. The van der Waals surface area contributed by atoms with Crippen molar-refractivity contribution in [2.24, 2.45) is 0 Å². The number of amides is 2. The van der Waals surface area contributed by atoms with Crippen molar-refractivity contribution in [3.63, 3.8) is 0 Å². The van der Waals surface area contributed by atoms with Gasteiger partial charge in [0.1, 0.15) is 0 Å².